The summed E-state index contributed by atoms with van der Waals surface area (Å²) in [7, 11) is 2.39. The van der Waals surface area contributed by atoms with E-state index in [4.69, 9.17) is 9.47 Å². The Hall–Kier alpha value is -4.37. The number of methoxy groups -OCH3 is 2. The third-order valence-corrected chi connectivity index (χ3v) is 6.68. The zero-order valence-corrected chi connectivity index (χ0v) is 20.6. The molecule has 0 bridgehead atoms. The van der Waals surface area contributed by atoms with Gasteiger partial charge in [0.25, 0.3) is 0 Å². The van der Waals surface area contributed by atoms with Gasteiger partial charge in [-0.25, -0.2) is 0 Å². The van der Waals surface area contributed by atoms with Crippen molar-refractivity contribution in [3.05, 3.63) is 87.5 Å². The van der Waals surface area contributed by atoms with Gasteiger partial charge >= 0.3 is 11.9 Å². The van der Waals surface area contributed by atoms with Crippen LogP contribution in [0.2, 0.25) is 0 Å². The molecule has 1 N–H and O–H groups in total. The molecule has 0 unspecified atom stereocenters. The van der Waals surface area contributed by atoms with Crippen LogP contribution in [-0.4, -0.2) is 37.6 Å². The Balaban J connectivity index is 2.04. The monoisotopic (exact) mass is 482 g/mol. The number of hydrogen-bond acceptors (Lipinski definition) is 6. The van der Waals surface area contributed by atoms with Gasteiger partial charge in [0.15, 0.2) is 11.7 Å². The van der Waals surface area contributed by atoms with Crippen molar-refractivity contribution in [2.24, 2.45) is 5.41 Å². The van der Waals surface area contributed by atoms with Crippen molar-refractivity contribution in [1.29, 1.82) is 0 Å². The molecule has 0 saturated heterocycles. The summed E-state index contributed by atoms with van der Waals surface area (Å²) in [5.41, 5.74) is 3.69. The number of rotatable bonds is 4. The van der Waals surface area contributed by atoms with E-state index in [2.05, 4.69) is 11.8 Å². The van der Waals surface area contributed by atoms with Crippen LogP contribution in [0.1, 0.15) is 43.7 Å². The summed E-state index contributed by atoms with van der Waals surface area (Å²) < 4.78 is 9.94. The molecule has 0 radical (unpaired) electrons. The molecule has 36 heavy (non-hydrogen) atoms. The predicted molar refractivity (Wildman–Crippen MR) is 135 cm³/mol. The highest BCUT2D eigenvalue weighted by molar-refractivity contribution is 6.03. The number of esters is 2. The maximum atomic E-state index is 12.9. The minimum absolute atomic E-state index is 0.0522. The van der Waals surface area contributed by atoms with Crippen molar-refractivity contribution < 1.29 is 29.0 Å². The van der Waals surface area contributed by atoms with E-state index in [9.17, 15) is 19.5 Å². The quantitative estimate of drug-likeness (QED) is 0.258. The number of fused-ring (bicyclic) bond motifs is 1. The van der Waals surface area contributed by atoms with Crippen LogP contribution in [0.5, 0.6) is 5.75 Å². The van der Waals surface area contributed by atoms with Gasteiger partial charge < -0.3 is 14.6 Å². The standard InChI is InChI=1S/C30H26O6/c1-18-5-9-20(10-6-18)11-14-22-23-15-30(28(33)35-3,29(34)36-4)16-24(23)27(32)25(17-31)26(22)21-12-7-19(2)8-13-21/h5-10,12-13,17,32H,15-16H2,1-4H3. The van der Waals surface area contributed by atoms with E-state index >= 15 is 0 Å². The molecule has 0 heterocycles. The first kappa shape index (κ1) is 24.7. The summed E-state index contributed by atoms with van der Waals surface area (Å²) in [4.78, 5) is 38.1. The molecule has 1 aliphatic rings. The minimum atomic E-state index is -1.68. The van der Waals surface area contributed by atoms with Crippen molar-refractivity contribution >= 4 is 18.2 Å². The first-order valence-corrected chi connectivity index (χ1v) is 11.4. The first-order valence-electron chi connectivity index (χ1n) is 11.4. The lowest BCUT2D eigenvalue weighted by molar-refractivity contribution is -0.168. The van der Waals surface area contributed by atoms with Gasteiger partial charge in [0, 0.05) is 35.1 Å². The molecule has 6 heteroatoms. The van der Waals surface area contributed by atoms with Crippen molar-refractivity contribution in [1.82, 2.24) is 0 Å². The van der Waals surface area contributed by atoms with Crippen LogP contribution in [0.4, 0.5) is 0 Å². The fourth-order valence-electron chi connectivity index (χ4n) is 4.72. The predicted octanol–water partition coefficient (Wildman–Crippen LogP) is 4.32. The van der Waals surface area contributed by atoms with Gasteiger partial charge in [0.1, 0.15) is 5.75 Å². The highest BCUT2D eigenvalue weighted by Gasteiger charge is 2.54. The molecule has 1 aliphatic carbocycles. The van der Waals surface area contributed by atoms with Crippen LogP contribution < -0.4 is 0 Å². The van der Waals surface area contributed by atoms with Gasteiger partial charge in [-0.1, -0.05) is 59.4 Å². The Kier molecular flexibility index (Phi) is 6.67. The second-order valence-electron chi connectivity index (χ2n) is 8.99. The maximum Gasteiger partial charge on any atom is 0.323 e. The Morgan fingerprint density at radius 1 is 0.861 bits per heavy atom. The van der Waals surface area contributed by atoms with Crippen molar-refractivity contribution in [2.45, 2.75) is 26.7 Å². The van der Waals surface area contributed by atoms with E-state index in [1.807, 2.05) is 62.4 Å². The lowest BCUT2D eigenvalue weighted by Crippen LogP contribution is -2.42. The molecule has 0 saturated carbocycles. The van der Waals surface area contributed by atoms with Gasteiger partial charge in [-0.15, -0.1) is 0 Å². The molecule has 0 aromatic heterocycles. The number of aldehydes is 1. The van der Waals surface area contributed by atoms with Crippen molar-refractivity contribution in [2.75, 3.05) is 14.2 Å². The summed E-state index contributed by atoms with van der Waals surface area (Å²) in [6.07, 6.45) is 0.338. The molecular weight excluding hydrogens is 456 g/mol. The van der Waals surface area contributed by atoms with Gasteiger partial charge in [0.2, 0.25) is 0 Å². The van der Waals surface area contributed by atoms with Crippen LogP contribution >= 0.6 is 0 Å². The Bertz CT molecular complexity index is 1400. The largest absolute Gasteiger partial charge is 0.507 e. The lowest BCUT2D eigenvalue weighted by atomic mass is 9.84. The smallest absolute Gasteiger partial charge is 0.323 e. The van der Waals surface area contributed by atoms with Crippen LogP contribution in [0.15, 0.2) is 48.5 Å². The van der Waals surface area contributed by atoms with E-state index in [0.717, 1.165) is 16.7 Å². The summed E-state index contributed by atoms with van der Waals surface area (Å²) in [6, 6.07) is 15.2. The molecule has 182 valence electrons. The van der Waals surface area contributed by atoms with Crippen molar-refractivity contribution in [3.63, 3.8) is 0 Å². The Morgan fingerprint density at radius 2 is 1.39 bits per heavy atom. The number of aryl methyl sites for hydroxylation is 2. The average molecular weight is 483 g/mol. The Labute approximate surface area is 209 Å². The van der Waals surface area contributed by atoms with Gasteiger partial charge in [-0.3, -0.25) is 14.4 Å². The zero-order valence-electron chi connectivity index (χ0n) is 20.6. The van der Waals surface area contributed by atoms with E-state index < -0.39 is 17.4 Å². The van der Waals surface area contributed by atoms with E-state index in [0.29, 0.717) is 34.1 Å². The highest BCUT2D eigenvalue weighted by Crippen LogP contribution is 2.48. The normalized spacial score (nSPS) is 13.2. The van der Waals surface area contributed by atoms with E-state index in [1.54, 1.807) is 0 Å². The topological polar surface area (TPSA) is 89.9 Å². The van der Waals surface area contributed by atoms with Crippen LogP contribution in [0.3, 0.4) is 0 Å². The van der Waals surface area contributed by atoms with Crippen molar-refractivity contribution in [3.8, 4) is 28.7 Å². The van der Waals surface area contributed by atoms with Gasteiger partial charge in [-0.05, 0) is 37.1 Å². The third-order valence-electron chi connectivity index (χ3n) is 6.68. The summed E-state index contributed by atoms with van der Waals surface area (Å²) >= 11 is 0. The number of carbonyl (C=O) groups excluding carboxylic acids is 3. The molecule has 0 spiro atoms. The lowest BCUT2D eigenvalue weighted by Gasteiger charge is -2.22. The molecule has 0 aliphatic heterocycles. The second kappa shape index (κ2) is 9.71. The average Bonchev–Trinajstić information content (AvgIpc) is 3.31. The zero-order chi connectivity index (χ0) is 26.0. The number of aromatic hydroxyl groups is 1. The summed E-state index contributed by atoms with van der Waals surface area (Å²) in [5.74, 6) is 4.52. The fourth-order valence-corrected chi connectivity index (χ4v) is 4.72. The number of ether oxygens (including phenoxy) is 2. The third kappa shape index (κ3) is 4.14. The molecule has 0 atom stereocenters. The van der Waals surface area contributed by atoms with Crippen LogP contribution in [-0.2, 0) is 31.9 Å². The first-order chi connectivity index (χ1) is 17.2. The SMILES string of the molecule is COC(=O)C1(C(=O)OC)Cc2c(O)c(C=O)c(-c3ccc(C)cc3)c(C#Cc3ccc(C)cc3)c2C1. The minimum Gasteiger partial charge on any atom is -0.507 e. The number of phenols is 1. The van der Waals surface area contributed by atoms with Gasteiger partial charge in [0.05, 0.1) is 19.8 Å². The van der Waals surface area contributed by atoms with E-state index in [1.165, 1.54) is 14.2 Å². The molecule has 3 aromatic rings. The summed E-state index contributed by atoms with van der Waals surface area (Å²) in [6.45, 7) is 3.93. The van der Waals surface area contributed by atoms with Crippen LogP contribution in [0, 0.1) is 31.1 Å². The maximum absolute atomic E-state index is 12.9. The van der Waals surface area contributed by atoms with E-state index in [-0.39, 0.29) is 24.2 Å². The highest BCUT2D eigenvalue weighted by atomic mass is 16.5. The molecule has 6 nitrogen and oxygen atoms in total. The second-order valence-corrected chi connectivity index (χ2v) is 8.99. The number of benzene rings is 3. The molecule has 0 fully saturated rings. The Morgan fingerprint density at radius 3 is 1.92 bits per heavy atom. The summed E-state index contributed by atoms with van der Waals surface area (Å²) in [5, 5.41) is 11.2. The van der Waals surface area contributed by atoms with Gasteiger partial charge in [-0.2, -0.15) is 0 Å². The molecular formula is C30H26O6. The number of hydrogen-bond donors (Lipinski definition) is 1. The molecule has 0 amide bonds. The van der Waals surface area contributed by atoms with Crippen LogP contribution in [0.25, 0.3) is 11.1 Å². The number of carbonyl (C=O) groups is 3. The molecule has 3 aromatic carbocycles. The number of phenolic OH excluding ortho intramolecular Hbond substituents is 1. The fraction of sp³-hybridized carbons (Fsp3) is 0.233. The molecule has 4 rings (SSSR count).